The summed E-state index contributed by atoms with van der Waals surface area (Å²) in [5.74, 6) is 0.277. The van der Waals surface area contributed by atoms with Crippen molar-refractivity contribution in [2.45, 2.75) is 31.8 Å². The molecule has 0 spiro atoms. The SMILES string of the molecule is CN(Cc1ccccc1)C(=O)c1cn[nH]c1[C@@H]1CCCN(Cc2cccc(Cl)c2)C1. The number of rotatable bonds is 6. The molecule has 1 atom stereocenters. The molecule has 0 bridgehead atoms. The number of hydrogen-bond acceptors (Lipinski definition) is 3. The molecule has 3 aromatic rings. The van der Waals surface area contributed by atoms with Crippen LogP contribution in [0.5, 0.6) is 0 Å². The standard InChI is InChI=1S/C24H27ClN4O/c1-28(15-18-7-3-2-4-8-18)24(30)22-14-26-27-23(22)20-10-6-12-29(17-20)16-19-9-5-11-21(25)13-19/h2-5,7-9,11,13-14,20H,6,10,12,15-17H2,1H3,(H,26,27)/t20-/m1/s1. The van der Waals surface area contributed by atoms with Gasteiger partial charge in [0.15, 0.2) is 0 Å². The Labute approximate surface area is 182 Å². The number of nitrogens with one attached hydrogen (secondary N) is 1. The number of carbonyl (C=O) groups is 1. The number of hydrogen-bond donors (Lipinski definition) is 1. The van der Waals surface area contributed by atoms with Crippen LogP contribution in [-0.2, 0) is 13.1 Å². The Morgan fingerprint density at radius 2 is 2.00 bits per heavy atom. The third-order valence-corrected chi connectivity index (χ3v) is 5.95. The van der Waals surface area contributed by atoms with Gasteiger partial charge in [-0.25, -0.2) is 0 Å². The Morgan fingerprint density at radius 3 is 2.80 bits per heavy atom. The predicted octanol–water partition coefficient (Wildman–Crippen LogP) is 4.71. The maximum atomic E-state index is 13.1. The lowest BCUT2D eigenvalue weighted by Crippen LogP contribution is -2.35. The van der Waals surface area contributed by atoms with E-state index in [0.29, 0.717) is 12.1 Å². The van der Waals surface area contributed by atoms with E-state index in [1.165, 1.54) is 5.56 Å². The van der Waals surface area contributed by atoms with E-state index < -0.39 is 0 Å². The fourth-order valence-electron chi connectivity index (χ4n) is 4.24. The molecule has 5 nitrogen and oxygen atoms in total. The monoisotopic (exact) mass is 422 g/mol. The summed E-state index contributed by atoms with van der Waals surface area (Å²) in [5, 5.41) is 8.11. The molecular formula is C24H27ClN4O. The number of amides is 1. The average Bonchev–Trinajstić information content (AvgIpc) is 3.24. The number of carbonyl (C=O) groups excluding carboxylic acids is 1. The smallest absolute Gasteiger partial charge is 0.257 e. The molecule has 1 aliphatic rings. The van der Waals surface area contributed by atoms with E-state index >= 15 is 0 Å². The summed E-state index contributed by atoms with van der Waals surface area (Å²) in [6, 6.07) is 18.1. The molecule has 0 saturated carbocycles. The number of halogens is 1. The maximum absolute atomic E-state index is 13.1. The highest BCUT2D eigenvalue weighted by Gasteiger charge is 2.28. The zero-order valence-electron chi connectivity index (χ0n) is 17.2. The minimum absolute atomic E-state index is 0.00886. The quantitative estimate of drug-likeness (QED) is 0.625. The molecule has 6 heteroatoms. The van der Waals surface area contributed by atoms with Gasteiger partial charge in [-0.15, -0.1) is 0 Å². The molecule has 0 radical (unpaired) electrons. The van der Waals surface area contributed by atoms with Crippen molar-refractivity contribution in [1.82, 2.24) is 20.0 Å². The molecule has 1 amide bonds. The van der Waals surface area contributed by atoms with Gasteiger partial charge in [-0.3, -0.25) is 14.8 Å². The lowest BCUT2D eigenvalue weighted by Gasteiger charge is -2.32. The minimum atomic E-state index is 0.00886. The third-order valence-electron chi connectivity index (χ3n) is 5.72. The first-order valence-corrected chi connectivity index (χ1v) is 10.8. The Bertz CT molecular complexity index is 988. The number of piperidine rings is 1. The summed E-state index contributed by atoms with van der Waals surface area (Å²) in [7, 11) is 1.85. The van der Waals surface area contributed by atoms with Gasteiger partial charge in [0.05, 0.1) is 17.5 Å². The van der Waals surface area contributed by atoms with Gasteiger partial charge in [0.1, 0.15) is 0 Å². The summed E-state index contributed by atoms with van der Waals surface area (Å²) in [4.78, 5) is 17.3. The molecule has 156 valence electrons. The first kappa shape index (κ1) is 20.6. The first-order chi connectivity index (χ1) is 14.6. The maximum Gasteiger partial charge on any atom is 0.257 e. The van der Waals surface area contributed by atoms with Gasteiger partial charge in [0, 0.05) is 37.6 Å². The van der Waals surface area contributed by atoms with Gasteiger partial charge < -0.3 is 4.90 Å². The molecule has 1 saturated heterocycles. The highest BCUT2D eigenvalue weighted by molar-refractivity contribution is 6.30. The molecular weight excluding hydrogens is 396 g/mol. The van der Waals surface area contributed by atoms with Crippen LogP contribution in [0, 0.1) is 0 Å². The summed E-state index contributed by atoms with van der Waals surface area (Å²) in [5.41, 5.74) is 3.97. The van der Waals surface area contributed by atoms with Crippen molar-refractivity contribution in [2.24, 2.45) is 0 Å². The highest BCUT2D eigenvalue weighted by Crippen LogP contribution is 2.29. The largest absolute Gasteiger partial charge is 0.337 e. The third kappa shape index (κ3) is 4.91. The zero-order valence-corrected chi connectivity index (χ0v) is 18.0. The van der Waals surface area contributed by atoms with E-state index in [0.717, 1.165) is 48.8 Å². The van der Waals surface area contributed by atoms with E-state index in [2.05, 4.69) is 21.2 Å². The summed E-state index contributed by atoms with van der Waals surface area (Å²) in [6.07, 6.45) is 3.82. The second kappa shape index (κ2) is 9.45. The van der Waals surface area contributed by atoms with E-state index in [1.54, 1.807) is 11.1 Å². The van der Waals surface area contributed by atoms with Gasteiger partial charge in [-0.2, -0.15) is 5.10 Å². The van der Waals surface area contributed by atoms with Crippen LogP contribution >= 0.6 is 11.6 Å². The summed E-state index contributed by atoms with van der Waals surface area (Å²) in [6.45, 7) is 3.39. The van der Waals surface area contributed by atoms with Gasteiger partial charge in [-0.1, -0.05) is 54.1 Å². The van der Waals surface area contributed by atoms with Gasteiger partial charge >= 0.3 is 0 Å². The van der Waals surface area contributed by atoms with E-state index in [4.69, 9.17) is 11.6 Å². The van der Waals surface area contributed by atoms with Crippen LogP contribution < -0.4 is 0 Å². The van der Waals surface area contributed by atoms with Gasteiger partial charge in [0.2, 0.25) is 0 Å². The minimum Gasteiger partial charge on any atom is -0.337 e. The van der Waals surface area contributed by atoms with Crippen molar-refractivity contribution < 1.29 is 4.79 Å². The molecule has 1 fully saturated rings. The Morgan fingerprint density at radius 1 is 1.20 bits per heavy atom. The molecule has 0 aliphatic carbocycles. The lowest BCUT2D eigenvalue weighted by molar-refractivity contribution is 0.0782. The number of aromatic amines is 1. The molecule has 1 aliphatic heterocycles. The van der Waals surface area contributed by atoms with Crippen molar-refractivity contribution in [2.75, 3.05) is 20.1 Å². The summed E-state index contributed by atoms with van der Waals surface area (Å²) >= 11 is 6.14. The van der Waals surface area contributed by atoms with Crippen molar-refractivity contribution in [3.05, 3.63) is 88.2 Å². The lowest BCUT2D eigenvalue weighted by atomic mass is 9.92. The first-order valence-electron chi connectivity index (χ1n) is 10.4. The highest BCUT2D eigenvalue weighted by atomic mass is 35.5. The van der Waals surface area contributed by atoms with Crippen LogP contribution in [0.2, 0.25) is 5.02 Å². The average molecular weight is 423 g/mol. The van der Waals surface area contributed by atoms with E-state index in [9.17, 15) is 4.79 Å². The van der Waals surface area contributed by atoms with E-state index in [-0.39, 0.29) is 11.8 Å². The Hall–Kier alpha value is -2.63. The van der Waals surface area contributed by atoms with Crippen LogP contribution in [0.3, 0.4) is 0 Å². The molecule has 4 rings (SSSR count). The van der Waals surface area contributed by atoms with Crippen molar-refractivity contribution in [3.63, 3.8) is 0 Å². The van der Waals surface area contributed by atoms with Crippen LogP contribution in [0.25, 0.3) is 0 Å². The number of nitrogens with zero attached hydrogens (tertiary/aromatic N) is 3. The number of likely N-dealkylation sites (tertiary alicyclic amines) is 1. The van der Waals surface area contributed by atoms with Crippen LogP contribution in [0.4, 0.5) is 0 Å². The normalized spacial score (nSPS) is 17.1. The van der Waals surface area contributed by atoms with Gasteiger partial charge in [-0.05, 0) is 42.6 Å². The zero-order chi connectivity index (χ0) is 20.9. The summed E-state index contributed by atoms with van der Waals surface area (Å²) < 4.78 is 0. The number of H-pyrrole nitrogens is 1. The molecule has 0 unspecified atom stereocenters. The molecule has 2 heterocycles. The second-order valence-electron chi connectivity index (χ2n) is 8.05. The van der Waals surface area contributed by atoms with Crippen molar-refractivity contribution in [3.8, 4) is 0 Å². The Balaban J connectivity index is 1.44. The number of aromatic nitrogens is 2. The van der Waals surface area contributed by atoms with E-state index in [1.807, 2.05) is 55.6 Å². The van der Waals surface area contributed by atoms with Crippen molar-refractivity contribution >= 4 is 17.5 Å². The van der Waals surface area contributed by atoms with Crippen LogP contribution in [0.15, 0.2) is 60.8 Å². The second-order valence-corrected chi connectivity index (χ2v) is 8.48. The Kier molecular flexibility index (Phi) is 6.50. The topological polar surface area (TPSA) is 52.2 Å². The number of benzene rings is 2. The molecule has 1 aromatic heterocycles. The molecule has 30 heavy (non-hydrogen) atoms. The fraction of sp³-hybridized carbons (Fsp3) is 0.333. The van der Waals surface area contributed by atoms with Crippen molar-refractivity contribution in [1.29, 1.82) is 0 Å². The van der Waals surface area contributed by atoms with Gasteiger partial charge in [0.25, 0.3) is 5.91 Å². The predicted molar refractivity (Wildman–Crippen MR) is 120 cm³/mol. The fourth-order valence-corrected chi connectivity index (χ4v) is 4.45. The molecule has 2 aromatic carbocycles. The van der Waals surface area contributed by atoms with Crippen LogP contribution in [0.1, 0.15) is 45.9 Å². The van der Waals surface area contributed by atoms with Crippen LogP contribution in [-0.4, -0.2) is 46.0 Å². The molecule has 1 N–H and O–H groups in total.